The first-order chi connectivity index (χ1) is 7.40. The Morgan fingerprint density at radius 1 is 1.29 bits per heavy atom. The summed E-state index contributed by atoms with van der Waals surface area (Å²) in [5, 5.41) is 8.66. The number of sulfone groups is 1. The van der Waals surface area contributed by atoms with Crippen LogP contribution in [0.2, 0.25) is 0 Å². The number of rotatable bonds is 6. The number of alkyl halides is 3. The highest BCUT2D eigenvalue weighted by atomic mass is 32.2. The highest BCUT2D eigenvalue weighted by Gasteiger charge is 2.41. The Morgan fingerprint density at radius 2 is 1.76 bits per heavy atom. The summed E-state index contributed by atoms with van der Waals surface area (Å²) in [6.07, 6.45) is -4.54. The van der Waals surface area contributed by atoms with E-state index in [1.165, 1.54) is 0 Å². The fraction of sp³-hybridized carbons (Fsp3) is 0.875. The van der Waals surface area contributed by atoms with Crippen LogP contribution in [0.4, 0.5) is 13.2 Å². The molecule has 5 nitrogen and oxygen atoms in total. The second kappa shape index (κ2) is 5.21. The summed E-state index contributed by atoms with van der Waals surface area (Å²) in [7, 11) is -4.07. The van der Waals surface area contributed by atoms with Gasteiger partial charge in [-0.1, -0.05) is 0 Å². The first-order valence-electron chi connectivity index (χ1n) is 4.50. The van der Waals surface area contributed by atoms with Crippen molar-refractivity contribution in [1.29, 1.82) is 0 Å². The van der Waals surface area contributed by atoms with Gasteiger partial charge < -0.3 is 9.84 Å². The predicted molar refractivity (Wildman–Crippen MR) is 52.4 cm³/mol. The van der Waals surface area contributed by atoms with Crippen LogP contribution in [0.3, 0.4) is 0 Å². The monoisotopic (exact) mass is 278 g/mol. The maximum Gasteiger partial charge on any atom is 0.411 e. The Bertz CT molecular complexity index is 371. The van der Waals surface area contributed by atoms with Crippen molar-refractivity contribution in [2.75, 3.05) is 19.0 Å². The Balaban J connectivity index is 4.36. The van der Waals surface area contributed by atoms with Gasteiger partial charge in [0.05, 0.1) is 12.4 Å². The molecule has 0 atom stereocenters. The summed E-state index contributed by atoms with van der Waals surface area (Å²) in [4.78, 5) is 10.7. The van der Waals surface area contributed by atoms with Crippen LogP contribution in [0.5, 0.6) is 0 Å². The van der Waals surface area contributed by atoms with Crippen LogP contribution in [0.25, 0.3) is 0 Å². The van der Waals surface area contributed by atoms with Gasteiger partial charge in [-0.3, -0.25) is 4.79 Å². The molecule has 0 aromatic heterocycles. The maximum absolute atomic E-state index is 11.7. The number of halogens is 3. The topological polar surface area (TPSA) is 80.7 Å². The average molecular weight is 278 g/mol. The minimum absolute atomic E-state index is 0.696. The van der Waals surface area contributed by atoms with Crippen molar-refractivity contribution in [1.82, 2.24) is 0 Å². The largest absolute Gasteiger partial charge is 0.480 e. The molecule has 0 radical (unpaired) electrons. The summed E-state index contributed by atoms with van der Waals surface area (Å²) in [6.45, 7) is -0.322. The van der Waals surface area contributed by atoms with Crippen LogP contribution in [-0.4, -0.2) is 49.4 Å². The van der Waals surface area contributed by atoms with E-state index in [1.807, 2.05) is 0 Å². The van der Waals surface area contributed by atoms with Crippen LogP contribution in [0.15, 0.2) is 0 Å². The SMILES string of the molecule is CC(C)(C(=O)O)S(=O)(=O)CCOCC(F)(F)F. The predicted octanol–water partition coefficient (Wildman–Crippen LogP) is 0.843. The molecule has 17 heavy (non-hydrogen) atoms. The Kier molecular flexibility index (Phi) is 4.96. The standard InChI is InChI=1S/C8H13F3O5S/c1-7(2,6(12)13)17(14,15)4-3-16-5-8(9,10)11/h3-5H2,1-2H3,(H,12,13). The second-order valence-electron chi connectivity index (χ2n) is 3.80. The summed E-state index contributed by atoms with van der Waals surface area (Å²) in [6, 6.07) is 0. The minimum Gasteiger partial charge on any atom is -0.480 e. The first kappa shape index (κ1) is 16.2. The van der Waals surface area contributed by atoms with E-state index in [-0.39, 0.29) is 0 Å². The van der Waals surface area contributed by atoms with Crippen molar-refractivity contribution in [2.24, 2.45) is 0 Å². The number of aliphatic carboxylic acids is 1. The number of ether oxygens (including phenoxy) is 1. The number of carbonyl (C=O) groups is 1. The third-order valence-corrected chi connectivity index (χ3v) is 4.49. The molecule has 0 aliphatic rings. The lowest BCUT2D eigenvalue weighted by Crippen LogP contribution is -2.42. The van der Waals surface area contributed by atoms with Gasteiger partial charge >= 0.3 is 12.1 Å². The van der Waals surface area contributed by atoms with Gasteiger partial charge in [-0.2, -0.15) is 13.2 Å². The molecule has 0 rings (SSSR count). The summed E-state index contributed by atoms with van der Waals surface area (Å²) in [5.41, 5.74) is 0. The van der Waals surface area contributed by atoms with Crippen molar-refractivity contribution >= 4 is 15.8 Å². The van der Waals surface area contributed by atoms with Crippen molar-refractivity contribution in [3.63, 3.8) is 0 Å². The molecule has 1 N–H and O–H groups in total. The Hall–Kier alpha value is -0.830. The highest BCUT2D eigenvalue weighted by Crippen LogP contribution is 2.18. The molecule has 0 unspecified atom stereocenters. The van der Waals surface area contributed by atoms with Crippen molar-refractivity contribution < 1.29 is 36.2 Å². The van der Waals surface area contributed by atoms with Crippen LogP contribution < -0.4 is 0 Å². The third-order valence-electron chi connectivity index (χ3n) is 2.05. The van der Waals surface area contributed by atoms with Crippen LogP contribution in [0.1, 0.15) is 13.8 Å². The average Bonchev–Trinajstić information content (AvgIpc) is 2.10. The zero-order valence-electron chi connectivity index (χ0n) is 9.24. The van der Waals surface area contributed by atoms with Crippen LogP contribution in [0, 0.1) is 0 Å². The van der Waals surface area contributed by atoms with Gasteiger partial charge in [0.1, 0.15) is 6.61 Å². The first-order valence-corrected chi connectivity index (χ1v) is 6.15. The maximum atomic E-state index is 11.7. The van der Waals surface area contributed by atoms with E-state index in [0.717, 1.165) is 13.8 Å². The molecule has 0 saturated carbocycles. The van der Waals surface area contributed by atoms with Crippen molar-refractivity contribution in [2.45, 2.75) is 24.8 Å². The van der Waals surface area contributed by atoms with E-state index in [1.54, 1.807) is 0 Å². The van der Waals surface area contributed by atoms with Crippen molar-refractivity contribution in [3.05, 3.63) is 0 Å². The smallest absolute Gasteiger partial charge is 0.411 e. The number of carboxylic acids is 1. The fourth-order valence-electron chi connectivity index (χ4n) is 0.745. The molecule has 0 aliphatic heterocycles. The van der Waals surface area contributed by atoms with Gasteiger partial charge in [-0.15, -0.1) is 0 Å². The van der Waals surface area contributed by atoms with E-state index < -0.39 is 45.7 Å². The number of hydrogen-bond donors (Lipinski definition) is 1. The van der Waals surface area contributed by atoms with E-state index in [2.05, 4.69) is 4.74 Å². The number of carboxylic acid groups (broad SMARTS) is 1. The van der Waals surface area contributed by atoms with Crippen LogP contribution >= 0.6 is 0 Å². The van der Waals surface area contributed by atoms with Crippen molar-refractivity contribution in [3.8, 4) is 0 Å². The molecular formula is C8H13F3O5S. The zero-order valence-corrected chi connectivity index (χ0v) is 10.1. The molecule has 0 saturated heterocycles. The second-order valence-corrected chi connectivity index (χ2v) is 6.46. The molecule has 0 aliphatic carbocycles. The lowest BCUT2D eigenvalue weighted by Gasteiger charge is -2.19. The fourth-order valence-corrected chi connectivity index (χ4v) is 1.86. The van der Waals surface area contributed by atoms with Gasteiger partial charge in [0.25, 0.3) is 0 Å². The lowest BCUT2D eigenvalue weighted by molar-refractivity contribution is -0.172. The summed E-state index contributed by atoms with van der Waals surface area (Å²) < 4.78 is 60.0. The Labute approximate surface area is 96.5 Å². The molecule has 0 aromatic carbocycles. The molecule has 0 heterocycles. The van der Waals surface area contributed by atoms with E-state index in [4.69, 9.17) is 5.11 Å². The van der Waals surface area contributed by atoms with Gasteiger partial charge in [0.2, 0.25) is 0 Å². The van der Waals surface area contributed by atoms with E-state index >= 15 is 0 Å². The zero-order chi connectivity index (χ0) is 13.9. The minimum atomic E-state index is -4.54. The molecule has 9 heteroatoms. The lowest BCUT2D eigenvalue weighted by atomic mass is 10.2. The van der Waals surface area contributed by atoms with Gasteiger partial charge in [0.15, 0.2) is 14.6 Å². The molecule has 0 amide bonds. The summed E-state index contributed by atoms with van der Waals surface area (Å²) >= 11 is 0. The van der Waals surface area contributed by atoms with Gasteiger partial charge in [0, 0.05) is 0 Å². The van der Waals surface area contributed by atoms with E-state index in [9.17, 15) is 26.4 Å². The number of hydrogen-bond acceptors (Lipinski definition) is 4. The quantitative estimate of drug-likeness (QED) is 0.728. The normalized spacial score (nSPS) is 13.7. The molecule has 0 fully saturated rings. The van der Waals surface area contributed by atoms with Gasteiger partial charge in [-0.05, 0) is 13.8 Å². The van der Waals surface area contributed by atoms with Crippen LogP contribution in [-0.2, 0) is 19.4 Å². The Morgan fingerprint density at radius 3 is 2.12 bits per heavy atom. The molecule has 0 spiro atoms. The summed E-state index contributed by atoms with van der Waals surface area (Å²) in [5.74, 6) is -2.34. The molecule has 0 bridgehead atoms. The third kappa shape index (κ3) is 4.90. The molecule has 0 aromatic rings. The molecular weight excluding hydrogens is 265 g/mol. The molecule has 102 valence electrons. The van der Waals surface area contributed by atoms with Gasteiger partial charge in [-0.25, -0.2) is 8.42 Å². The highest BCUT2D eigenvalue weighted by molar-refractivity contribution is 7.93. The van der Waals surface area contributed by atoms with E-state index in [0.29, 0.717) is 0 Å².